The van der Waals surface area contributed by atoms with Crippen LogP contribution in [-0.4, -0.2) is 0 Å². The summed E-state index contributed by atoms with van der Waals surface area (Å²) < 4.78 is 0. The Bertz CT molecular complexity index is 3210. The van der Waals surface area contributed by atoms with Crippen molar-refractivity contribution in [2.24, 2.45) is 0 Å². The third kappa shape index (κ3) is 5.85. The molecule has 11 rings (SSSR count). The Kier molecular flexibility index (Phi) is 8.57. The molecule has 10 aromatic rings. The molecular formula is C59H43N. The summed E-state index contributed by atoms with van der Waals surface area (Å²) in [7, 11) is 0. The SMILES string of the molecule is CC1(C)c2ccccc2-c2c(-c3ccc(-c4ccc(N(c5cccc6ccccc56)c5ccc(-c6ccccc6)c6ccccc56)cc4)cc3-c3ccccc3)cccc21. The second-order valence-corrected chi connectivity index (χ2v) is 16.4. The van der Waals surface area contributed by atoms with Crippen LogP contribution in [0.25, 0.3) is 77.2 Å². The number of nitrogens with zero attached hydrogens (tertiary/aromatic N) is 1. The Hall–Kier alpha value is -7.48. The summed E-state index contributed by atoms with van der Waals surface area (Å²) in [6, 6.07) is 82.3. The van der Waals surface area contributed by atoms with Gasteiger partial charge in [0, 0.05) is 21.9 Å². The van der Waals surface area contributed by atoms with Gasteiger partial charge in [-0.05, 0) is 108 Å². The van der Waals surface area contributed by atoms with Gasteiger partial charge in [-0.15, -0.1) is 0 Å². The lowest BCUT2D eigenvalue weighted by atomic mass is 9.81. The number of hydrogen-bond acceptors (Lipinski definition) is 1. The van der Waals surface area contributed by atoms with E-state index in [9.17, 15) is 0 Å². The molecule has 0 aliphatic heterocycles. The molecule has 0 fully saturated rings. The predicted octanol–water partition coefficient (Wildman–Crippen LogP) is 16.4. The van der Waals surface area contributed by atoms with Crippen LogP contribution in [0.3, 0.4) is 0 Å². The van der Waals surface area contributed by atoms with Gasteiger partial charge in [0.05, 0.1) is 11.4 Å². The van der Waals surface area contributed by atoms with E-state index in [1.165, 1.54) is 88.3 Å². The van der Waals surface area contributed by atoms with Crippen LogP contribution in [-0.2, 0) is 5.41 Å². The Balaban J connectivity index is 1.06. The lowest BCUT2D eigenvalue weighted by Gasteiger charge is -2.29. The van der Waals surface area contributed by atoms with Gasteiger partial charge in [0.1, 0.15) is 0 Å². The van der Waals surface area contributed by atoms with Gasteiger partial charge in [0.25, 0.3) is 0 Å². The van der Waals surface area contributed by atoms with E-state index in [4.69, 9.17) is 0 Å². The van der Waals surface area contributed by atoms with Crippen molar-refractivity contribution in [1.82, 2.24) is 0 Å². The highest BCUT2D eigenvalue weighted by molar-refractivity contribution is 6.09. The summed E-state index contributed by atoms with van der Waals surface area (Å²) in [6.07, 6.45) is 0. The van der Waals surface area contributed by atoms with Crippen molar-refractivity contribution in [1.29, 1.82) is 0 Å². The molecule has 0 heterocycles. The molecule has 0 bridgehead atoms. The van der Waals surface area contributed by atoms with E-state index in [0.29, 0.717) is 0 Å². The molecule has 0 spiro atoms. The van der Waals surface area contributed by atoms with Crippen molar-refractivity contribution in [2.45, 2.75) is 19.3 Å². The zero-order chi connectivity index (χ0) is 40.2. The van der Waals surface area contributed by atoms with Gasteiger partial charge < -0.3 is 4.90 Å². The van der Waals surface area contributed by atoms with E-state index in [1.807, 2.05) is 0 Å². The van der Waals surface area contributed by atoms with Crippen molar-refractivity contribution in [2.75, 3.05) is 4.90 Å². The second-order valence-electron chi connectivity index (χ2n) is 16.4. The quantitative estimate of drug-likeness (QED) is 0.156. The predicted molar refractivity (Wildman–Crippen MR) is 255 cm³/mol. The third-order valence-corrected chi connectivity index (χ3v) is 12.7. The van der Waals surface area contributed by atoms with E-state index in [2.05, 4.69) is 243 Å². The minimum Gasteiger partial charge on any atom is -0.309 e. The van der Waals surface area contributed by atoms with Gasteiger partial charge in [-0.1, -0.05) is 208 Å². The van der Waals surface area contributed by atoms with Crippen LogP contribution < -0.4 is 4.90 Å². The van der Waals surface area contributed by atoms with Gasteiger partial charge in [0.15, 0.2) is 0 Å². The summed E-state index contributed by atoms with van der Waals surface area (Å²) in [5.74, 6) is 0. The van der Waals surface area contributed by atoms with Crippen molar-refractivity contribution >= 4 is 38.6 Å². The maximum Gasteiger partial charge on any atom is 0.0540 e. The van der Waals surface area contributed by atoms with E-state index in [0.717, 1.165) is 17.1 Å². The Morgan fingerprint density at radius 2 is 0.867 bits per heavy atom. The molecule has 0 amide bonds. The summed E-state index contributed by atoms with van der Waals surface area (Å²) >= 11 is 0. The van der Waals surface area contributed by atoms with Crippen LogP contribution in [0.15, 0.2) is 224 Å². The summed E-state index contributed by atoms with van der Waals surface area (Å²) in [5, 5.41) is 4.86. The van der Waals surface area contributed by atoms with Gasteiger partial charge in [0.2, 0.25) is 0 Å². The molecule has 1 aliphatic rings. The largest absolute Gasteiger partial charge is 0.309 e. The fraction of sp³-hybridized carbons (Fsp3) is 0.0508. The summed E-state index contributed by atoms with van der Waals surface area (Å²) in [4.78, 5) is 2.44. The number of rotatable bonds is 7. The van der Waals surface area contributed by atoms with Gasteiger partial charge in [-0.2, -0.15) is 0 Å². The van der Waals surface area contributed by atoms with Gasteiger partial charge >= 0.3 is 0 Å². The third-order valence-electron chi connectivity index (χ3n) is 12.7. The molecule has 1 heteroatoms. The number of benzene rings is 10. The Labute approximate surface area is 352 Å². The van der Waals surface area contributed by atoms with Gasteiger partial charge in [-0.3, -0.25) is 0 Å². The molecule has 0 radical (unpaired) electrons. The van der Waals surface area contributed by atoms with Crippen molar-refractivity contribution < 1.29 is 0 Å². The van der Waals surface area contributed by atoms with Crippen molar-refractivity contribution in [3.05, 3.63) is 236 Å². The standard InChI is InChI=1S/C59H43N/c1-59(2)54-28-14-13-26-52(54)58-51(27-16-29-55(58)59)49-36-33-44(39-53(49)43-19-7-4-8-20-43)40-31-34-45(35-32-40)60(56-30-15-22-42-21-9-10-23-47(42)56)57-38-37-46(41-17-5-3-6-18-41)48-24-11-12-25-50(48)57/h3-39H,1-2H3. The molecule has 60 heavy (non-hydrogen) atoms. The first-order valence-electron chi connectivity index (χ1n) is 20.9. The minimum absolute atomic E-state index is 0.0628. The maximum absolute atomic E-state index is 2.44. The molecule has 0 atom stereocenters. The zero-order valence-corrected chi connectivity index (χ0v) is 33.8. The van der Waals surface area contributed by atoms with E-state index in [-0.39, 0.29) is 5.41 Å². The number of anilines is 3. The fourth-order valence-electron chi connectivity index (χ4n) is 9.76. The monoisotopic (exact) mass is 765 g/mol. The van der Waals surface area contributed by atoms with Crippen LogP contribution in [0.4, 0.5) is 17.1 Å². The average Bonchev–Trinajstić information content (AvgIpc) is 3.55. The van der Waals surface area contributed by atoms with Crippen molar-refractivity contribution in [3.8, 4) is 55.6 Å². The normalized spacial score (nSPS) is 12.6. The lowest BCUT2D eigenvalue weighted by molar-refractivity contribution is 0.660. The van der Waals surface area contributed by atoms with E-state index < -0.39 is 0 Å². The zero-order valence-electron chi connectivity index (χ0n) is 33.8. The van der Waals surface area contributed by atoms with E-state index in [1.54, 1.807) is 0 Å². The highest BCUT2D eigenvalue weighted by Gasteiger charge is 2.36. The smallest absolute Gasteiger partial charge is 0.0540 e. The van der Waals surface area contributed by atoms with Crippen LogP contribution in [0.1, 0.15) is 25.0 Å². The Morgan fingerprint density at radius 3 is 1.65 bits per heavy atom. The molecule has 0 aromatic heterocycles. The maximum atomic E-state index is 2.44. The molecule has 1 aliphatic carbocycles. The van der Waals surface area contributed by atoms with Gasteiger partial charge in [-0.25, -0.2) is 0 Å². The van der Waals surface area contributed by atoms with Crippen LogP contribution >= 0.6 is 0 Å². The van der Waals surface area contributed by atoms with Crippen LogP contribution in [0, 0.1) is 0 Å². The molecule has 284 valence electrons. The van der Waals surface area contributed by atoms with E-state index >= 15 is 0 Å². The fourth-order valence-corrected chi connectivity index (χ4v) is 9.76. The number of hydrogen-bond donors (Lipinski definition) is 0. The average molecular weight is 766 g/mol. The van der Waals surface area contributed by atoms with Crippen molar-refractivity contribution in [3.63, 3.8) is 0 Å². The summed E-state index contributed by atoms with van der Waals surface area (Å²) in [5.41, 5.74) is 18.6. The number of fused-ring (bicyclic) bond motifs is 5. The first-order chi connectivity index (χ1) is 29.5. The molecule has 0 unspecified atom stereocenters. The molecule has 0 saturated carbocycles. The molecule has 1 nitrogen and oxygen atoms in total. The lowest BCUT2D eigenvalue weighted by Crippen LogP contribution is -2.14. The van der Waals surface area contributed by atoms with Crippen LogP contribution in [0.2, 0.25) is 0 Å². The molecule has 0 saturated heterocycles. The topological polar surface area (TPSA) is 3.24 Å². The first kappa shape index (κ1) is 35.7. The second kappa shape index (κ2) is 14.4. The molecule has 0 N–H and O–H groups in total. The minimum atomic E-state index is -0.0628. The Morgan fingerprint density at radius 1 is 0.317 bits per heavy atom. The molecular weight excluding hydrogens is 723 g/mol. The molecule has 10 aromatic carbocycles. The highest BCUT2D eigenvalue weighted by Crippen LogP contribution is 2.53. The summed E-state index contributed by atoms with van der Waals surface area (Å²) in [6.45, 7) is 4.71. The first-order valence-corrected chi connectivity index (χ1v) is 20.9. The highest BCUT2D eigenvalue weighted by atomic mass is 15.1. The van der Waals surface area contributed by atoms with Crippen LogP contribution in [0.5, 0.6) is 0 Å².